The van der Waals surface area contributed by atoms with Gasteiger partial charge < -0.3 is 73.7 Å². The molecular weight excluding hydrogens is 1010 g/mol. The summed E-state index contributed by atoms with van der Waals surface area (Å²) in [6.45, 7) is 15.3. The summed E-state index contributed by atoms with van der Waals surface area (Å²) in [5, 5.41) is 52.6. The minimum Gasteiger partial charge on any atom is -0.497 e. The molecule has 2 aliphatic heterocycles. The molecule has 9 unspecified atom stereocenters. The molecule has 1 aromatic carbocycles. The van der Waals surface area contributed by atoms with Crippen LogP contribution < -0.4 is 15.4 Å². The molecular formula is C58H86N2O18. The molecule has 436 valence electrons. The van der Waals surface area contributed by atoms with Crippen molar-refractivity contribution in [2.24, 2.45) is 40.4 Å². The van der Waals surface area contributed by atoms with Crippen LogP contribution in [0.2, 0.25) is 0 Å². The van der Waals surface area contributed by atoms with E-state index in [1.54, 1.807) is 19.1 Å². The number of rotatable bonds is 23. The zero-order valence-corrected chi connectivity index (χ0v) is 46.6. The maximum atomic E-state index is 14.4. The van der Waals surface area contributed by atoms with Gasteiger partial charge in [0.15, 0.2) is 24.8 Å². The third-order valence-electron chi connectivity index (χ3n) is 18.0. The third-order valence-corrected chi connectivity index (χ3v) is 18.0. The van der Waals surface area contributed by atoms with E-state index in [1.807, 2.05) is 13.8 Å². The molecule has 1 aromatic rings. The van der Waals surface area contributed by atoms with E-state index in [-0.39, 0.29) is 59.6 Å². The summed E-state index contributed by atoms with van der Waals surface area (Å²) in [7, 11) is 1.48. The maximum Gasteiger partial charge on any atom is 0.407 e. The Morgan fingerprint density at radius 2 is 1.49 bits per heavy atom. The number of fused-ring (bicyclic) bond motifs is 5. The summed E-state index contributed by atoms with van der Waals surface area (Å²) >= 11 is 0. The Labute approximate surface area is 458 Å². The molecule has 2 saturated heterocycles. The lowest BCUT2D eigenvalue weighted by Gasteiger charge is -2.59. The number of unbranched alkanes of at least 4 members (excludes halogenated alkanes) is 3. The summed E-state index contributed by atoms with van der Waals surface area (Å²) in [6, 6.07) is 6.02. The average molecular weight is 1100 g/mol. The summed E-state index contributed by atoms with van der Waals surface area (Å²) in [5.74, 6) is -1.71. The number of alkyl carbamates (subject to hydrolysis) is 2. The van der Waals surface area contributed by atoms with Crippen LogP contribution in [0.3, 0.4) is 0 Å². The van der Waals surface area contributed by atoms with Crippen molar-refractivity contribution in [2.75, 3.05) is 40.0 Å². The predicted molar refractivity (Wildman–Crippen MR) is 282 cm³/mol. The summed E-state index contributed by atoms with van der Waals surface area (Å²) in [4.78, 5) is 65.3. The summed E-state index contributed by atoms with van der Waals surface area (Å²) < 4.78 is 52.9. The fourth-order valence-electron chi connectivity index (χ4n) is 13.5. The van der Waals surface area contributed by atoms with E-state index in [0.29, 0.717) is 57.4 Å². The monoisotopic (exact) mass is 1100 g/mol. The quantitative estimate of drug-likeness (QED) is 0.0307. The molecule has 7 rings (SSSR count). The van der Waals surface area contributed by atoms with E-state index in [0.717, 1.165) is 38.5 Å². The van der Waals surface area contributed by atoms with E-state index in [1.165, 1.54) is 37.8 Å². The minimum absolute atomic E-state index is 0.0930. The van der Waals surface area contributed by atoms with Crippen molar-refractivity contribution < 1.29 is 87.0 Å². The van der Waals surface area contributed by atoms with Crippen molar-refractivity contribution in [3.05, 3.63) is 54.1 Å². The number of benzene rings is 1. The normalized spacial score (nSPS) is 35.6. The Morgan fingerprint density at radius 1 is 0.821 bits per heavy atom. The zero-order chi connectivity index (χ0) is 56.5. The number of hydrogen-bond acceptors (Lipinski definition) is 18. The van der Waals surface area contributed by atoms with Crippen LogP contribution in [0.5, 0.6) is 5.75 Å². The highest BCUT2D eigenvalue weighted by molar-refractivity contribution is 5.89. The number of aliphatic hydroxyl groups is 4. The number of amides is 2. The Hall–Kier alpha value is -4.67. The van der Waals surface area contributed by atoms with Crippen LogP contribution in [-0.4, -0.2) is 157 Å². The van der Waals surface area contributed by atoms with E-state index in [2.05, 4.69) is 37.1 Å². The summed E-state index contributed by atoms with van der Waals surface area (Å²) in [6.07, 6.45) is -1.90. The highest BCUT2D eigenvalue weighted by atomic mass is 16.8. The lowest BCUT2D eigenvalue weighted by atomic mass is 9.46. The second kappa shape index (κ2) is 26.7. The molecule has 17 atom stereocenters. The average Bonchev–Trinajstić information content (AvgIpc) is 3.15. The largest absolute Gasteiger partial charge is 0.497 e. The molecule has 5 fully saturated rings. The number of ketones is 1. The van der Waals surface area contributed by atoms with Crippen molar-refractivity contribution in [3.63, 3.8) is 0 Å². The number of allylic oxidation sites excluding steroid dienone is 1. The molecule has 6 aliphatic rings. The molecule has 0 radical (unpaired) electrons. The number of aliphatic hydroxyl groups excluding tert-OH is 3. The first-order valence-corrected chi connectivity index (χ1v) is 28.2. The Bertz CT molecular complexity index is 2260. The highest BCUT2D eigenvalue weighted by Crippen LogP contribution is 2.69. The van der Waals surface area contributed by atoms with Crippen LogP contribution in [0, 0.1) is 40.4 Å². The van der Waals surface area contributed by atoms with E-state index in [9.17, 15) is 44.4 Å². The Balaban J connectivity index is 1.06. The number of esters is 2. The molecule has 2 amide bonds. The fraction of sp³-hybridized carbons (Fsp3) is 0.741. The van der Waals surface area contributed by atoms with Gasteiger partial charge in [-0.05, 0) is 111 Å². The van der Waals surface area contributed by atoms with Gasteiger partial charge in [-0.2, -0.15) is 0 Å². The van der Waals surface area contributed by atoms with E-state index >= 15 is 0 Å². The van der Waals surface area contributed by atoms with Crippen LogP contribution in [0.15, 0.2) is 48.6 Å². The first-order valence-electron chi connectivity index (χ1n) is 28.2. The van der Waals surface area contributed by atoms with Gasteiger partial charge in [-0.15, -0.1) is 0 Å². The van der Waals surface area contributed by atoms with Gasteiger partial charge in [-0.1, -0.05) is 71.8 Å². The SMILES string of the molecule is C=CCOC(=O)NCCCCCCNC(=O)O[C@H]1CC[C@@]2(C)C(=CC[C@@H]3C2CC[C@@]2(C)[C@H]3C[C@H](OC3OCC(O)C(OC4OCC(O)C(O)C4OC(=O)c4ccc(OC)cc4)C3OC(C)=O)[C@]2(O)[C@H](C)C(=O)CCC(C)C)C1. The molecule has 0 aromatic heterocycles. The van der Waals surface area contributed by atoms with Crippen LogP contribution in [-0.2, 0) is 47.5 Å². The van der Waals surface area contributed by atoms with Crippen LogP contribution >= 0.6 is 0 Å². The molecule has 2 heterocycles. The van der Waals surface area contributed by atoms with Crippen molar-refractivity contribution in [3.8, 4) is 5.75 Å². The first kappa shape index (κ1) is 61.0. The molecule has 4 aliphatic carbocycles. The van der Waals surface area contributed by atoms with Gasteiger partial charge in [-0.3, -0.25) is 9.59 Å². The molecule has 3 saturated carbocycles. The van der Waals surface area contributed by atoms with Crippen molar-refractivity contribution in [1.82, 2.24) is 10.6 Å². The lowest BCUT2D eigenvalue weighted by Crippen LogP contribution is -2.64. The van der Waals surface area contributed by atoms with Gasteiger partial charge in [0.2, 0.25) is 0 Å². The molecule has 20 nitrogen and oxygen atoms in total. The molecule has 0 bridgehead atoms. The Kier molecular flexibility index (Phi) is 20.9. The minimum atomic E-state index is -1.73. The van der Waals surface area contributed by atoms with Crippen molar-refractivity contribution in [2.45, 2.75) is 192 Å². The number of ether oxygens (including phenoxy) is 9. The maximum absolute atomic E-state index is 14.4. The second-order valence-electron chi connectivity index (χ2n) is 23.2. The van der Waals surface area contributed by atoms with Gasteiger partial charge in [0.05, 0.1) is 32.0 Å². The standard InChI is InChI=1S/C58H86N2O18/c1-9-28-71-54(67)59-26-12-10-11-13-27-60-55(68)75-39-22-24-56(6)37(29-39)17-20-40-41(56)23-25-57(7)42(40)30-46(58(57,69)34(4)43(62)21-14-33(2)3)76-53-50(74-35(5)61)48(45(64)32-73-53)78-52-49(47(65)44(63)31-72-52)77-51(66)36-15-18-38(70-8)19-16-36/h9,15-19,33-34,39-42,44-50,52-53,63-65,69H,1,10-14,20-32H2,2-8H3,(H,59,67)(H,60,68)/t34-,39+,40-,41?,42+,44?,45?,46+,47?,48?,49?,50?,52?,53?,56+,57+,58-/m1/s1. The number of Topliss-reactive ketones (excluding diaryl/α,β-unsaturated/α-hetero) is 1. The van der Waals surface area contributed by atoms with E-state index in [4.69, 9.17) is 42.6 Å². The van der Waals surface area contributed by atoms with Gasteiger partial charge in [-0.25, -0.2) is 14.4 Å². The van der Waals surface area contributed by atoms with Gasteiger partial charge in [0, 0.05) is 44.2 Å². The molecule has 0 spiro atoms. The van der Waals surface area contributed by atoms with Gasteiger partial charge in [0.25, 0.3) is 0 Å². The molecule has 6 N–H and O–H groups in total. The van der Waals surface area contributed by atoms with Crippen LogP contribution in [0.4, 0.5) is 9.59 Å². The molecule has 78 heavy (non-hydrogen) atoms. The number of carbonyl (C=O) groups excluding carboxylic acids is 5. The zero-order valence-electron chi connectivity index (χ0n) is 46.6. The summed E-state index contributed by atoms with van der Waals surface area (Å²) in [5.41, 5.74) is -1.39. The lowest BCUT2D eigenvalue weighted by molar-refractivity contribution is -0.345. The van der Waals surface area contributed by atoms with Crippen molar-refractivity contribution in [1.29, 1.82) is 0 Å². The fourth-order valence-corrected chi connectivity index (χ4v) is 13.5. The highest BCUT2D eigenvalue weighted by Gasteiger charge is 2.71. The third kappa shape index (κ3) is 13.6. The number of carbonyl (C=O) groups is 5. The van der Waals surface area contributed by atoms with Crippen molar-refractivity contribution >= 4 is 29.9 Å². The second-order valence-corrected chi connectivity index (χ2v) is 23.2. The van der Waals surface area contributed by atoms with Gasteiger partial charge >= 0.3 is 24.1 Å². The number of nitrogens with one attached hydrogen (secondary N) is 2. The first-order chi connectivity index (χ1) is 37.1. The molecule has 20 heteroatoms. The topological polar surface area (TPSA) is 273 Å². The Morgan fingerprint density at radius 3 is 2.14 bits per heavy atom. The number of hydrogen-bond donors (Lipinski definition) is 6. The van der Waals surface area contributed by atoms with Crippen LogP contribution in [0.25, 0.3) is 0 Å². The number of methoxy groups -OCH3 is 1. The smallest absolute Gasteiger partial charge is 0.407 e. The predicted octanol–water partition coefficient (Wildman–Crippen LogP) is 6.23. The van der Waals surface area contributed by atoms with Gasteiger partial charge in [0.1, 0.15) is 54.3 Å². The van der Waals surface area contributed by atoms with Crippen LogP contribution in [0.1, 0.15) is 135 Å². The van der Waals surface area contributed by atoms with E-state index < -0.39 is 110 Å².